The van der Waals surface area contributed by atoms with Gasteiger partial charge in [-0.25, -0.2) is 0 Å². The monoisotopic (exact) mass is 239 g/mol. The summed E-state index contributed by atoms with van der Waals surface area (Å²) in [6.07, 6.45) is 6.37. The van der Waals surface area contributed by atoms with Crippen molar-refractivity contribution in [1.29, 1.82) is 0 Å². The molecule has 2 rings (SSSR count). The Morgan fingerprint density at radius 1 is 1.18 bits per heavy atom. The summed E-state index contributed by atoms with van der Waals surface area (Å²) in [5.74, 6) is -1.40. The van der Waals surface area contributed by atoms with Crippen molar-refractivity contribution < 1.29 is 14.7 Å². The Balaban J connectivity index is 1.94. The zero-order chi connectivity index (χ0) is 12.4. The molecule has 4 nitrogen and oxygen atoms in total. The van der Waals surface area contributed by atoms with Crippen LogP contribution in [-0.4, -0.2) is 34.5 Å². The van der Waals surface area contributed by atoms with Gasteiger partial charge in [0.2, 0.25) is 5.91 Å². The summed E-state index contributed by atoms with van der Waals surface area (Å²) in [7, 11) is 0. The van der Waals surface area contributed by atoms with E-state index in [0.29, 0.717) is 19.0 Å². The summed E-state index contributed by atoms with van der Waals surface area (Å²) in [5.41, 5.74) is 0. The molecular weight excluding hydrogens is 218 g/mol. The smallest absolute Gasteiger partial charge is 0.307 e. The molecule has 0 aromatic rings. The number of hydrogen-bond acceptors (Lipinski definition) is 2. The number of nitrogens with zero attached hydrogens (tertiary/aromatic N) is 1. The lowest BCUT2D eigenvalue weighted by molar-refractivity contribution is -0.142. The van der Waals surface area contributed by atoms with Crippen LogP contribution < -0.4 is 0 Å². The highest BCUT2D eigenvalue weighted by atomic mass is 16.4. The van der Waals surface area contributed by atoms with Gasteiger partial charge in [-0.1, -0.05) is 19.3 Å². The van der Waals surface area contributed by atoms with Crippen LogP contribution in [0.4, 0.5) is 0 Å². The van der Waals surface area contributed by atoms with Crippen LogP contribution in [0.25, 0.3) is 0 Å². The fraction of sp³-hybridized carbons (Fsp3) is 0.846. The molecule has 1 amide bonds. The first-order valence-electron chi connectivity index (χ1n) is 6.68. The summed E-state index contributed by atoms with van der Waals surface area (Å²) in [6.45, 7) is 2.71. The first kappa shape index (κ1) is 12.4. The zero-order valence-electron chi connectivity index (χ0n) is 10.4. The minimum Gasteiger partial charge on any atom is -0.481 e. The highest BCUT2D eigenvalue weighted by molar-refractivity contribution is 5.89. The molecule has 2 aliphatic carbocycles. The second-order valence-corrected chi connectivity index (χ2v) is 5.20. The molecule has 2 fully saturated rings. The molecule has 2 unspecified atom stereocenters. The molecule has 0 radical (unpaired) electrons. The molecule has 0 heterocycles. The average Bonchev–Trinajstić information content (AvgIpc) is 3.11. The number of carboxylic acid groups (broad SMARTS) is 1. The molecule has 2 saturated carbocycles. The summed E-state index contributed by atoms with van der Waals surface area (Å²) in [6, 6.07) is 0.358. The Hall–Kier alpha value is -1.06. The third-order valence-electron chi connectivity index (χ3n) is 4.06. The largest absolute Gasteiger partial charge is 0.481 e. The Labute approximate surface area is 102 Å². The lowest BCUT2D eigenvalue weighted by Crippen LogP contribution is -2.42. The Bertz CT molecular complexity index is 310. The third kappa shape index (κ3) is 2.61. The predicted molar refractivity (Wildman–Crippen MR) is 63.5 cm³/mol. The third-order valence-corrected chi connectivity index (χ3v) is 4.06. The second kappa shape index (κ2) is 5.07. The number of amides is 1. The molecule has 2 atom stereocenters. The van der Waals surface area contributed by atoms with Crippen molar-refractivity contribution in [2.24, 2.45) is 11.8 Å². The summed E-state index contributed by atoms with van der Waals surface area (Å²) in [4.78, 5) is 24.9. The van der Waals surface area contributed by atoms with Gasteiger partial charge in [-0.05, 0) is 26.2 Å². The van der Waals surface area contributed by atoms with Crippen molar-refractivity contribution in [3.63, 3.8) is 0 Å². The van der Waals surface area contributed by atoms with Crippen molar-refractivity contribution in [2.75, 3.05) is 6.54 Å². The van der Waals surface area contributed by atoms with Crippen LogP contribution >= 0.6 is 0 Å². The first-order chi connectivity index (χ1) is 8.15. The van der Waals surface area contributed by atoms with E-state index in [0.717, 1.165) is 12.8 Å². The Morgan fingerprint density at radius 3 is 2.29 bits per heavy atom. The molecule has 0 aliphatic heterocycles. The van der Waals surface area contributed by atoms with E-state index >= 15 is 0 Å². The molecule has 96 valence electrons. The van der Waals surface area contributed by atoms with E-state index in [2.05, 4.69) is 0 Å². The maximum absolute atomic E-state index is 12.2. The normalized spacial score (nSPS) is 28.8. The zero-order valence-corrected chi connectivity index (χ0v) is 10.4. The van der Waals surface area contributed by atoms with Crippen LogP contribution in [-0.2, 0) is 9.59 Å². The van der Waals surface area contributed by atoms with Gasteiger partial charge in [0.05, 0.1) is 11.8 Å². The van der Waals surface area contributed by atoms with Gasteiger partial charge in [0.15, 0.2) is 0 Å². The van der Waals surface area contributed by atoms with Crippen molar-refractivity contribution >= 4 is 11.9 Å². The van der Waals surface area contributed by atoms with Crippen LogP contribution in [0.15, 0.2) is 0 Å². The molecule has 2 aliphatic rings. The summed E-state index contributed by atoms with van der Waals surface area (Å²) < 4.78 is 0. The molecule has 0 aromatic carbocycles. The SMILES string of the molecule is CCN(C(=O)C1CC1C(=O)O)C1CCCCC1. The highest BCUT2D eigenvalue weighted by Crippen LogP contribution is 2.41. The maximum atomic E-state index is 12.2. The molecule has 0 saturated heterocycles. The van der Waals surface area contributed by atoms with Crippen molar-refractivity contribution in [1.82, 2.24) is 4.90 Å². The summed E-state index contributed by atoms with van der Waals surface area (Å²) in [5, 5.41) is 8.87. The van der Waals surface area contributed by atoms with Crippen LogP contribution in [0.1, 0.15) is 45.4 Å². The number of rotatable bonds is 4. The number of carboxylic acids is 1. The highest BCUT2D eigenvalue weighted by Gasteiger charge is 2.50. The number of hydrogen-bond donors (Lipinski definition) is 1. The van der Waals surface area contributed by atoms with E-state index in [1.54, 1.807) is 0 Å². The van der Waals surface area contributed by atoms with Crippen molar-refractivity contribution in [3.8, 4) is 0 Å². The van der Waals surface area contributed by atoms with E-state index in [1.165, 1.54) is 19.3 Å². The van der Waals surface area contributed by atoms with Gasteiger partial charge >= 0.3 is 5.97 Å². The van der Waals surface area contributed by atoms with Crippen LogP contribution in [0.2, 0.25) is 0 Å². The predicted octanol–water partition coefficient (Wildman–Crippen LogP) is 1.89. The maximum Gasteiger partial charge on any atom is 0.307 e. The van der Waals surface area contributed by atoms with Gasteiger partial charge in [0.1, 0.15) is 0 Å². The molecule has 4 heteroatoms. The minimum atomic E-state index is -0.817. The standard InChI is InChI=1S/C13H21NO3/c1-2-14(9-6-4-3-5-7-9)12(15)10-8-11(10)13(16)17/h9-11H,2-8H2,1H3,(H,16,17). The summed E-state index contributed by atoms with van der Waals surface area (Å²) >= 11 is 0. The van der Waals surface area contributed by atoms with Crippen LogP contribution in [0.3, 0.4) is 0 Å². The Kier molecular flexibility index (Phi) is 3.69. The van der Waals surface area contributed by atoms with Gasteiger partial charge in [-0.2, -0.15) is 0 Å². The van der Waals surface area contributed by atoms with Crippen LogP contribution in [0.5, 0.6) is 0 Å². The van der Waals surface area contributed by atoms with E-state index in [1.807, 2.05) is 11.8 Å². The van der Waals surface area contributed by atoms with Gasteiger partial charge in [0.25, 0.3) is 0 Å². The minimum absolute atomic E-state index is 0.0757. The lowest BCUT2D eigenvalue weighted by Gasteiger charge is -2.33. The van der Waals surface area contributed by atoms with Gasteiger partial charge < -0.3 is 10.0 Å². The van der Waals surface area contributed by atoms with E-state index < -0.39 is 11.9 Å². The lowest BCUT2D eigenvalue weighted by atomic mass is 9.94. The average molecular weight is 239 g/mol. The van der Waals surface area contributed by atoms with Crippen LogP contribution in [0, 0.1) is 11.8 Å². The van der Waals surface area contributed by atoms with Gasteiger partial charge in [0, 0.05) is 12.6 Å². The second-order valence-electron chi connectivity index (χ2n) is 5.20. The fourth-order valence-corrected chi connectivity index (χ4v) is 2.94. The molecule has 0 bridgehead atoms. The quantitative estimate of drug-likeness (QED) is 0.815. The topological polar surface area (TPSA) is 57.6 Å². The van der Waals surface area contributed by atoms with Crippen molar-refractivity contribution in [3.05, 3.63) is 0 Å². The van der Waals surface area contributed by atoms with E-state index in [9.17, 15) is 9.59 Å². The fourth-order valence-electron chi connectivity index (χ4n) is 2.94. The molecule has 17 heavy (non-hydrogen) atoms. The van der Waals surface area contributed by atoms with E-state index in [-0.39, 0.29) is 11.8 Å². The first-order valence-corrected chi connectivity index (χ1v) is 6.68. The van der Waals surface area contributed by atoms with Gasteiger partial charge in [-0.3, -0.25) is 9.59 Å². The molecule has 0 aromatic heterocycles. The Morgan fingerprint density at radius 2 is 1.82 bits per heavy atom. The van der Waals surface area contributed by atoms with E-state index in [4.69, 9.17) is 5.11 Å². The number of carbonyl (C=O) groups is 2. The molecule has 0 spiro atoms. The van der Waals surface area contributed by atoms with Crippen molar-refractivity contribution in [2.45, 2.75) is 51.5 Å². The number of carbonyl (C=O) groups excluding carboxylic acids is 1. The molecule has 1 N–H and O–H groups in total. The van der Waals surface area contributed by atoms with Gasteiger partial charge in [-0.15, -0.1) is 0 Å². The molecular formula is C13H21NO3. The number of aliphatic carboxylic acids is 1.